The molecule has 0 aliphatic rings. The molecule has 9 heteroatoms. The maximum absolute atomic E-state index is 12.6. The maximum Gasteiger partial charge on any atom is 0.448 e. The summed E-state index contributed by atoms with van der Waals surface area (Å²) < 4.78 is 41.6. The maximum atomic E-state index is 12.6. The van der Waals surface area contributed by atoms with Crippen LogP contribution in [0.25, 0.3) is 0 Å². The standard InChI is InChI=1S/C9H8F3NO4S/c1-17-7(15)8(16,9(10,11)12)13-6(14)5-3-2-4-18-5/h2-4,16H,1H3,(H,13,14). The smallest absolute Gasteiger partial charge is 0.448 e. The van der Waals surface area contributed by atoms with Crippen molar-refractivity contribution in [3.05, 3.63) is 22.4 Å². The SMILES string of the molecule is COC(=O)C(O)(NC(=O)c1cccs1)C(F)(F)F. The molecule has 0 spiro atoms. The number of esters is 1. The summed E-state index contributed by atoms with van der Waals surface area (Å²) in [5.74, 6) is -3.24. The van der Waals surface area contributed by atoms with Crippen LogP contribution in [0, 0.1) is 0 Å². The average Bonchev–Trinajstić information content (AvgIpc) is 2.79. The monoisotopic (exact) mass is 283 g/mol. The molecule has 0 fully saturated rings. The Bertz CT molecular complexity index is 445. The molecule has 0 aliphatic heterocycles. The summed E-state index contributed by atoms with van der Waals surface area (Å²) in [5.41, 5.74) is -4.07. The number of carbonyl (C=O) groups excluding carboxylic acids is 2. The van der Waals surface area contributed by atoms with Crippen molar-refractivity contribution in [2.75, 3.05) is 7.11 Å². The lowest BCUT2D eigenvalue weighted by atomic mass is 10.2. The molecule has 1 aromatic rings. The Kier molecular flexibility index (Phi) is 3.97. The first kappa shape index (κ1) is 14.5. The number of carbonyl (C=O) groups is 2. The topological polar surface area (TPSA) is 75.6 Å². The van der Waals surface area contributed by atoms with Gasteiger partial charge in [-0.05, 0) is 11.4 Å². The van der Waals surface area contributed by atoms with E-state index in [0.29, 0.717) is 7.11 Å². The molecule has 1 unspecified atom stereocenters. The molecule has 1 rings (SSSR count). The highest BCUT2D eigenvalue weighted by molar-refractivity contribution is 7.12. The number of rotatable bonds is 3. The van der Waals surface area contributed by atoms with E-state index in [0.717, 1.165) is 11.3 Å². The van der Waals surface area contributed by atoms with Crippen molar-refractivity contribution in [1.29, 1.82) is 0 Å². The van der Waals surface area contributed by atoms with Crippen LogP contribution in [0.2, 0.25) is 0 Å². The van der Waals surface area contributed by atoms with Crippen molar-refractivity contribution in [2.45, 2.75) is 11.9 Å². The summed E-state index contributed by atoms with van der Waals surface area (Å²) in [4.78, 5) is 22.3. The molecule has 1 amide bonds. The van der Waals surface area contributed by atoms with Crippen molar-refractivity contribution in [3.8, 4) is 0 Å². The second kappa shape index (κ2) is 4.94. The van der Waals surface area contributed by atoms with Gasteiger partial charge in [-0.25, -0.2) is 4.79 Å². The largest absolute Gasteiger partial charge is 0.465 e. The number of nitrogens with one attached hydrogen (secondary N) is 1. The minimum Gasteiger partial charge on any atom is -0.465 e. The Morgan fingerprint density at radius 1 is 1.44 bits per heavy atom. The molecule has 5 nitrogen and oxygen atoms in total. The van der Waals surface area contributed by atoms with Crippen LogP contribution in [-0.2, 0) is 9.53 Å². The third-order valence-corrected chi connectivity index (χ3v) is 2.80. The fourth-order valence-electron chi connectivity index (χ4n) is 1.02. The molecule has 0 bridgehead atoms. The lowest BCUT2D eigenvalue weighted by molar-refractivity contribution is -0.268. The predicted molar refractivity (Wildman–Crippen MR) is 54.8 cm³/mol. The average molecular weight is 283 g/mol. The molecule has 0 saturated heterocycles. The Labute approximate surface area is 103 Å². The highest BCUT2D eigenvalue weighted by atomic mass is 32.1. The molecule has 1 atom stereocenters. The van der Waals surface area contributed by atoms with E-state index in [9.17, 15) is 27.9 Å². The van der Waals surface area contributed by atoms with Gasteiger partial charge in [0, 0.05) is 0 Å². The fourth-order valence-corrected chi connectivity index (χ4v) is 1.64. The number of thiophene rings is 1. The molecule has 100 valence electrons. The minimum atomic E-state index is -5.40. The van der Waals surface area contributed by atoms with Gasteiger partial charge in [-0.3, -0.25) is 4.79 Å². The van der Waals surface area contributed by atoms with E-state index in [4.69, 9.17) is 0 Å². The first-order valence-corrected chi connectivity index (χ1v) is 5.34. The summed E-state index contributed by atoms with van der Waals surface area (Å²) in [7, 11) is 0.663. The van der Waals surface area contributed by atoms with Crippen LogP contribution in [0.1, 0.15) is 9.67 Å². The Morgan fingerprint density at radius 3 is 2.44 bits per heavy atom. The number of hydrogen-bond acceptors (Lipinski definition) is 5. The van der Waals surface area contributed by atoms with E-state index in [1.165, 1.54) is 22.8 Å². The zero-order chi connectivity index (χ0) is 14.0. The van der Waals surface area contributed by atoms with E-state index in [-0.39, 0.29) is 4.88 Å². The normalized spacial score (nSPS) is 14.7. The van der Waals surface area contributed by atoms with E-state index in [1.54, 1.807) is 0 Å². The van der Waals surface area contributed by atoms with Gasteiger partial charge < -0.3 is 15.2 Å². The Balaban J connectivity index is 3.00. The van der Waals surface area contributed by atoms with Crippen LogP contribution >= 0.6 is 11.3 Å². The van der Waals surface area contributed by atoms with Crippen molar-refractivity contribution in [1.82, 2.24) is 5.32 Å². The number of ether oxygens (including phenoxy) is 1. The van der Waals surface area contributed by atoms with E-state index in [1.807, 2.05) is 0 Å². The fraction of sp³-hybridized carbons (Fsp3) is 0.333. The van der Waals surface area contributed by atoms with E-state index < -0.39 is 23.8 Å². The first-order valence-electron chi connectivity index (χ1n) is 4.46. The van der Waals surface area contributed by atoms with Crippen LogP contribution < -0.4 is 5.32 Å². The van der Waals surface area contributed by atoms with Gasteiger partial charge in [0.05, 0.1) is 12.0 Å². The molecule has 0 aliphatic carbocycles. The number of alkyl halides is 3. The van der Waals surface area contributed by atoms with Gasteiger partial charge in [-0.2, -0.15) is 13.2 Å². The van der Waals surface area contributed by atoms with Gasteiger partial charge in [0.2, 0.25) is 0 Å². The molecule has 1 heterocycles. The second-order valence-corrected chi connectivity index (χ2v) is 4.08. The summed E-state index contributed by atoms with van der Waals surface area (Å²) in [5, 5.41) is 11.9. The van der Waals surface area contributed by atoms with Crippen molar-refractivity contribution >= 4 is 23.2 Å². The summed E-state index contributed by atoms with van der Waals surface area (Å²) in [6.07, 6.45) is -5.40. The lowest BCUT2D eigenvalue weighted by Crippen LogP contribution is -2.64. The van der Waals surface area contributed by atoms with Crippen molar-refractivity contribution in [2.24, 2.45) is 0 Å². The van der Waals surface area contributed by atoms with Crippen LogP contribution in [0.5, 0.6) is 0 Å². The molecule has 18 heavy (non-hydrogen) atoms. The number of methoxy groups -OCH3 is 1. The van der Waals surface area contributed by atoms with Crippen LogP contribution in [0.3, 0.4) is 0 Å². The van der Waals surface area contributed by atoms with Gasteiger partial charge in [-0.1, -0.05) is 6.07 Å². The molecule has 1 aromatic heterocycles. The number of aliphatic hydroxyl groups is 1. The predicted octanol–water partition coefficient (Wildman–Crippen LogP) is 0.902. The zero-order valence-electron chi connectivity index (χ0n) is 8.95. The van der Waals surface area contributed by atoms with Crippen molar-refractivity contribution in [3.63, 3.8) is 0 Å². The quantitative estimate of drug-likeness (QED) is 0.638. The molecule has 0 aromatic carbocycles. The molecule has 0 radical (unpaired) electrons. The Morgan fingerprint density at radius 2 is 2.06 bits per heavy atom. The number of amides is 1. The first-order chi connectivity index (χ1) is 8.22. The molecular weight excluding hydrogens is 275 g/mol. The molecular formula is C9H8F3NO4S. The minimum absolute atomic E-state index is 0.0819. The van der Waals surface area contributed by atoms with Crippen LogP contribution in [0.15, 0.2) is 17.5 Å². The van der Waals surface area contributed by atoms with E-state index in [2.05, 4.69) is 4.74 Å². The van der Waals surface area contributed by atoms with Crippen LogP contribution in [0.4, 0.5) is 13.2 Å². The van der Waals surface area contributed by atoms with Crippen molar-refractivity contribution < 1.29 is 32.6 Å². The number of halogens is 3. The third kappa shape index (κ3) is 2.62. The summed E-state index contributed by atoms with van der Waals surface area (Å²) >= 11 is 0.859. The summed E-state index contributed by atoms with van der Waals surface area (Å²) in [6, 6.07) is 2.68. The van der Waals surface area contributed by atoms with Gasteiger partial charge >= 0.3 is 17.9 Å². The summed E-state index contributed by atoms with van der Waals surface area (Å²) in [6.45, 7) is 0. The van der Waals surface area contributed by atoms with Gasteiger partial charge in [0.1, 0.15) is 0 Å². The number of hydrogen-bond donors (Lipinski definition) is 2. The molecule has 2 N–H and O–H groups in total. The zero-order valence-corrected chi connectivity index (χ0v) is 9.76. The second-order valence-electron chi connectivity index (χ2n) is 3.13. The van der Waals surface area contributed by atoms with Gasteiger partial charge in [0.15, 0.2) is 0 Å². The van der Waals surface area contributed by atoms with Gasteiger partial charge in [-0.15, -0.1) is 11.3 Å². The molecule has 0 saturated carbocycles. The highest BCUT2D eigenvalue weighted by Gasteiger charge is 2.62. The third-order valence-electron chi connectivity index (χ3n) is 1.93. The lowest BCUT2D eigenvalue weighted by Gasteiger charge is -2.27. The highest BCUT2D eigenvalue weighted by Crippen LogP contribution is 2.29. The van der Waals surface area contributed by atoms with E-state index >= 15 is 0 Å². The Hall–Kier alpha value is -1.61. The van der Waals surface area contributed by atoms with Crippen LogP contribution in [-0.4, -0.2) is 36.0 Å². The van der Waals surface area contributed by atoms with Gasteiger partial charge in [0.25, 0.3) is 5.91 Å².